The summed E-state index contributed by atoms with van der Waals surface area (Å²) in [5.41, 5.74) is 0. The first kappa shape index (κ1) is 21.8. The Morgan fingerprint density at radius 3 is 2.68 bits per heavy atom. The number of rotatable bonds is 13. The molecule has 1 saturated heterocycles. The molecule has 1 rings (SSSR count). The first-order valence-corrected chi connectivity index (χ1v) is 10.6. The molecule has 0 aliphatic carbocycles. The standard InChI is InChI=1S/C18H31NO5S/c1-2-3-6-9-15(20)11-12-17-19(16(21)14-25(17)24)13-8-5-4-7-10-18(22)23/h11-12,15,17,20H,2-10,13-14H2,1H3,(H,22,23)/b12-11+. The van der Waals surface area contributed by atoms with Crippen molar-refractivity contribution in [3.05, 3.63) is 12.2 Å². The van der Waals surface area contributed by atoms with Crippen LogP contribution in [0.5, 0.6) is 0 Å². The number of carbonyl (C=O) groups is 2. The summed E-state index contributed by atoms with van der Waals surface area (Å²) < 4.78 is 12.1. The molecule has 3 atom stereocenters. The zero-order valence-electron chi connectivity index (χ0n) is 15.1. The maximum Gasteiger partial charge on any atom is 0.303 e. The van der Waals surface area contributed by atoms with Crippen LogP contribution in [0.4, 0.5) is 0 Å². The van der Waals surface area contributed by atoms with Crippen molar-refractivity contribution in [1.82, 2.24) is 4.90 Å². The molecule has 0 aromatic rings. The SMILES string of the molecule is CCCCCC(O)/C=C/C1N(CCCCCCC(=O)O)C(=O)CS1=O. The number of carboxylic acid groups (broad SMARTS) is 1. The molecule has 0 aromatic carbocycles. The van der Waals surface area contributed by atoms with E-state index in [1.165, 1.54) is 0 Å². The lowest BCUT2D eigenvalue weighted by molar-refractivity contribution is -0.137. The van der Waals surface area contributed by atoms with Crippen LogP contribution >= 0.6 is 0 Å². The first-order valence-electron chi connectivity index (χ1n) is 9.20. The number of aliphatic carboxylic acids is 1. The molecule has 1 aliphatic rings. The van der Waals surface area contributed by atoms with E-state index >= 15 is 0 Å². The summed E-state index contributed by atoms with van der Waals surface area (Å²) >= 11 is 0. The quantitative estimate of drug-likeness (QED) is 0.382. The first-order chi connectivity index (χ1) is 12.0. The van der Waals surface area contributed by atoms with Crippen LogP contribution in [-0.2, 0) is 20.4 Å². The number of aliphatic hydroxyl groups is 1. The molecule has 3 unspecified atom stereocenters. The van der Waals surface area contributed by atoms with Crippen molar-refractivity contribution >= 4 is 22.7 Å². The fourth-order valence-corrected chi connectivity index (χ4v) is 4.20. The summed E-state index contributed by atoms with van der Waals surface area (Å²) in [5, 5.41) is 18.1. The highest BCUT2D eigenvalue weighted by Crippen LogP contribution is 2.19. The lowest BCUT2D eigenvalue weighted by Gasteiger charge is -2.21. The van der Waals surface area contributed by atoms with E-state index in [0.29, 0.717) is 19.4 Å². The fraction of sp³-hybridized carbons (Fsp3) is 0.778. The molecule has 144 valence electrons. The zero-order valence-corrected chi connectivity index (χ0v) is 15.9. The van der Waals surface area contributed by atoms with E-state index in [0.717, 1.165) is 38.5 Å². The predicted octanol–water partition coefficient (Wildman–Crippen LogP) is 2.44. The molecule has 2 N–H and O–H groups in total. The lowest BCUT2D eigenvalue weighted by atomic mass is 10.1. The van der Waals surface area contributed by atoms with Crippen molar-refractivity contribution in [2.24, 2.45) is 0 Å². The molecule has 0 radical (unpaired) electrons. The van der Waals surface area contributed by atoms with Gasteiger partial charge in [-0.3, -0.25) is 13.8 Å². The Kier molecular flexibility index (Phi) is 10.6. The van der Waals surface area contributed by atoms with E-state index in [-0.39, 0.29) is 18.1 Å². The largest absolute Gasteiger partial charge is 0.481 e. The molecular weight excluding hydrogens is 342 g/mol. The zero-order chi connectivity index (χ0) is 18.7. The van der Waals surface area contributed by atoms with Crippen molar-refractivity contribution in [3.8, 4) is 0 Å². The van der Waals surface area contributed by atoms with Crippen molar-refractivity contribution < 1.29 is 24.0 Å². The number of hydrogen-bond donors (Lipinski definition) is 2. The second kappa shape index (κ2) is 12.2. The minimum absolute atomic E-state index is 0.0416. The number of carboxylic acids is 1. The van der Waals surface area contributed by atoms with Crippen LogP contribution < -0.4 is 0 Å². The summed E-state index contributed by atoms with van der Waals surface area (Å²) in [6, 6.07) is 0. The highest BCUT2D eigenvalue weighted by molar-refractivity contribution is 7.87. The van der Waals surface area contributed by atoms with Gasteiger partial charge in [-0.1, -0.05) is 51.2 Å². The molecule has 0 spiro atoms. The summed E-state index contributed by atoms with van der Waals surface area (Å²) in [7, 11) is -1.26. The molecule has 1 fully saturated rings. The molecule has 6 nitrogen and oxygen atoms in total. The van der Waals surface area contributed by atoms with Gasteiger partial charge in [0.25, 0.3) is 0 Å². The average molecular weight is 374 g/mol. The Balaban J connectivity index is 2.40. The molecule has 0 saturated carbocycles. The highest BCUT2D eigenvalue weighted by atomic mass is 32.2. The van der Waals surface area contributed by atoms with Crippen LogP contribution in [0.25, 0.3) is 0 Å². The van der Waals surface area contributed by atoms with Gasteiger partial charge in [-0.15, -0.1) is 0 Å². The highest BCUT2D eigenvalue weighted by Gasteiger charge is 2.35. The fourth-order valence-electron chi connectivity index (χ4n) is 2.85. The molecule has 1 heterocycles. The van der Waals surface area contributed by atoms with Gasteiger partial charge in [-0.2, -0.15) is 0 Å². The van der Waals surface area contributed by atoms with E-state index in [1.54, 1.807) is 17.1 Å². The van der Waals surface area contributed by atoms with Crippen LogP contribution in [0.15, 0.2) is 12.2 Å². The van der Waals surface area contributed by atoms with Crippen molar-refractivity contribution in [2.75, 3.05) is 12.3 Å². The van der Waals surface area contributed by atoms with Gasteiger partial charge in [-0.25, -0.2) is 0 Å². The number of amides is 1. The van der Waals surface area contributed by atoms with Gasteiger partial charge in [-0.05, 0) is 19.3 Å². The van der Waals surface area contributed by atoms with E-state index in [4.69, 9.17) is 5.11 Å². The third-order valence-electron chi connectivity index (χ3n) is 4.30. The third-order valence-corrected chi connectivity index (χ3v) is 5.79. The number of hydrogen-bond acceptors (Lipinski definition) is 4. The Morgan fingerprint density at radius 1 is 1.28 bits per heavy atom. The van der Waals surface area contributed by atoms with Gasteiger partial charge in [0, 0.05) is 13.0 Å². The molecule has 7 heteroatoms. The van der Waals surface area contributed by atoms with Gasteiger partial charge in [0.1, 0.15) is 11.1 Å². The maximum atomic E-state index is 12.1. The summed E-state index contributed by atoms with van der Waals surface area (Å²) in [4.78, 5) is 24.1. The van der Waals surface area contributed by atoms with Gasteiger partial charge >= 0.3 is 5.97 Å². The Bertz CT molecular complexity index is 480. The number of nitrogens with zero attached hydrogens (tertiary/aromatic N) is 1. The normalized spacial score (nSPS) is 22.0. The van der Waals surface area contributed by atoms with Crippen LogP contribution in [0, 0.1) is 0 Å². The Hall–Kier alpha value is -1.21. The monoisotopic (exact) mass is 373 g/mol. The van der Waals surface area contributed by atoms with Gasteiger partial charge in [0.2, 0.25) is 5.91 Å². The Labute approximate surface area is 152 Å². The van der Waals surface area contributed by atoms with E-state index in [1.807, 2.05) is 0 Å². The minimum Gasteiger partial charge on any atom is -0.481 e. The second-order valence-corrected chi connectivity index (χ2v) is 8.04. The third kappa shape index (κ3) is 8.63. The maximum absolute atomic E-state index is 12.1. The van der Waals surface area contributed by atoms with E-state index in [2.05, 4.69) is 6.92 Å². The topological polar surface area (TPSA) is 94.9 Å². The van der Waals surface area contributed by atoms with E-state index in [9.17, 15) is 18.9 Å². The molecule has 1 aliphatic heterocycles. The van der Waals surface area contributed by atoms with Crippen LogP contribution in [0.2, 0.25) is 0 Å². The second-order valence-electron chi connectivity index (χ2n) is 6.51. The summed E-state index contributed by atoms with van der Waals surface area (Å²) in [6.07, 6.45) is 9.87. The van der Waals surface area contributed by atoms with Crippen LogP contribution in [-0.4, -0.2) is 55.0 Å². The minimum atomic E-state index is -1.26. The van der Waals surface area contributed by atoms with Gasteiger partial charge in [0.15, 0.2) is 0 Å². The Morgan fingerprint density at radius 2 is 2.00 bits per heavy atom. The smallest absolute Gasteiger partial charge is 0.303 e. The van der Waals surface area contributed by atoms with Crippen LogP contribution in [0.1, 0.15) is 64.7 Å². The van der Waals surface area contributed by atoms with E-state index < -0.39 is 28.2 Å². The molecule has 0 aromatic heterocycles. The van der Waals surface area contributed by atoms with Gasteiger partial charge < -0.3 is 15.1 Å². The lowest BCUT2D eigenvalue weighted by Crippen LogP contribution is -2.34. The molecule has 0 bridgehead atoms. The summed E-state index contributed by atoms with van der Waals surface area (Å²) in [6.45, 7) is 2.63. The number of unbranched alkanes of at least 4 members (excludes halogenated alkanes) is 5. The summed E-state index contributed by atoms with van der Waals surface area (Å²) in [5.74, 6) is -0.855. The van der Waals surface area contributed by atoms with Crippen molar-refractivity contribution in [2.45, 2.75) is 76.2 Å². The van der Waals surface area contributed by atoms with Crippen LogP contribution in [0.3, 0.4) is 0 Å². The van der Waals surface area contributed by atoms with Crippen molar-refractivity contribution in [1.29, 1.82) is 0 Å². The molecule has 1 amide bonds. The predicted molar refractivity (Wildman–Crippen MR) is 98.5 cm³/mol. The average Bonchev–Trinajstić information content (AvgIpc) is 2.82. The number of carbonyl (C=O) groups excluding carboxylic acids is 1. The number of aliphatic hydroxyl groups excluding tert-OH is 1. The molecule has 25 heavy (non-hydrogen) atoms. The molecular formula is C18H31NO5S. The van der Waals surface area contributed by atoms with Crippen molar-refractivity contribution in [3.63, 3.8) is 0 Å². The van der Waals surface area contributed by atoms with Gasteiger partial charge in [0.05, 0.1) is 16.9 Å².